The minimum atomic E-state index is 0.284. The highest BCUT2D eigenvalue weighted by Crippen LogP contribution is 2.28. The molecule has 0 aliphatic carbocycles. The van der Waals surface area contributed by atoms with Gasteiger partial charge >= 0.3 is 0 Å². The average molecular weight is 297 g/mol. The zero-order valence-corrected chi connectivity index (χ0v) is 11.8. The average Bonchev–Trinajstić information content (AvgIpc) is 3.00. The molecule has 1 atom stereocenters. The number of hydrogen-bond donors (Lipinski definition) is 2. The number of anilines is 1. The number of H-pyrrole nitrogens is 1. The number of fused-ring (bicyclic) bond motifs is 2. The summed E-state index contributed by atoms with van der Waals surface area (Å²) in [6.45, 7) is 1.17. The van der Waals surface area contributed by atoms with Gasteiger partial charge in [0.2, 0.25) is 0 Å². The van der Waals surface area contributed by atoms with Crippen LogP contribution in [-0.4, -0.2) is 33.6 Å². The molecule has 0 fully saturated rings. The standard InChI is InChI=1S/C15H15N5O2/c16-13-6-12(14-15(17-13)19-20-18-14)22-8-9-5-10-3-1-2-4-11(10)21-7-9/h1-4,6,9H,5,7-8H2,(H3,16,17,18,19,20). The number of nitrogens with zero attached hydrogens (tertiary/aromatic N) is 3. The van der Waals surface area contributed by atoms with Crippen LogP contribution < -0.4 is 15.2 Å². The van der Waals surface area contributed by atoms with Gasteiger partial charge in [-0.15, -0.1) is 5.10 Å². The van der Waals surface area contributed by atoms with Gasteiger partial charge in [-0.05, 0) is 18.1 Å². The minimum Gasteiger partial charge on any atom is -0.493 e. The fourth-order valence-electron chi connectivity index (χ4n) is 2.65. The SMILES string of the molecule is Nc1cc(OCC2COc3ccccc3C2)c2nn[nH]c2n1. The van der Waals surface area contributed by atoms with Crippen molar-refractivity contribution in [3.05, 3.63) is 35.9 Å². The molecule has 0 radical (unpaired) electrons. The van der Waals surface area contributed by atoms with Crippen molar-refractivity contribution in [2.45, 2.75) is 6.42 Å². The van der Waals surface area contributed by atoms with E-state index in [9.17, 15) is 0 Å². The molecule has 0 saturated heterocycles. The molecule has 112 valence electrons. The highest BCUT2D eigenvalue weighted by Gasteiger charge is 2.21. The molecule has 1 unspecified atom stereocenters. The molecule has 3 heterocycles. The maximum Gasteiger partial charge on any atom is 0.181 e. The van der Waals surface area contributed by atoms with Crippen LogP contribution in [0, 0.1) is 5.92 Å². The number of nitrogen functional groups attached to an aromatic ring is 1. The van der Waals surface area contributed by atoms with Crippen molar-refractivity contribution >= 4 is 17.0 Å². The first-order valence-electron chi connectivity index (χ1n) is 7.10. The quantitative estimate of drug-likeness (QED) is 0.761. The summed E-state index contributed by atoms with van der Waals surface area (Å²) in [5.41, 5.74) is 8.09. The number of ether oxygens (including phenoxy) is 2. The lowest BCUT2D eigenvalue weighted by molar-refractivity contribution is 0.160. The summed E-state index contributed by atoms with van der Waals surface area (Å²) in [7, 11) is 0. The van der Waals surface area contributed by atoms with Crippen LogP contribution in [0.1, 0.15) is 5.56 Å². The Morgan fingerprint density at radius 1 is 1.36 bits per heavy atom. The third kappa shape index (κ3) is 2.30. The van der Waals surface area contributed by atoms with E-state index in [1.54, 1.807) is 6.07 Å². The summed E-state index contributed by atoms with van der Waals surface area (Å²) in [5.74, 6) is 2.21. The van der Waals surface area contributed by atoms with Gasteiger partial charge in [0.1, 0.15) is 11.6 Å². The molecule has 0 bridgehead atoms. The van der Waals surface area contributed by atoms with Crippen LogP contribution in [0.3, 0.4) is 0 Å². The lowest BCUT2D eigenvalue weighted by atomic mass is 9.97. The fourth-order valence-corrected chi connectivity index (χ4v) is 2.65. The lowest BCUT2D eigenvalue weighted by Gasteiger charge is -2.25. The van der Waals surface area contributed by atoms with Crippen LogP contribution in [0.15, 0.2) is 30.3 Å². The summed E-state index contributed by atoms with van der Waals surface area (Å²) in [6.07, 6.45) is 0.929. The Kier molecular flexibility index (Phi) is 3.03. The second-order valence-electron chi connectivity index (χ2n) is 5.35. The number of aromatic amines is 1. The van der Waals surface area contributed by atoms with E-state index in [2.05, 4.69) is 26.5 Å². The Morgan fingerprint density at radius 2 is 2.27 bits per heavy atom. The van der Waals surface area contributed by atoms with Gasteiger partial charge in [0.25, 0.3) is 0 Å². The molecule has 22 heavy (non-hydrogen) atoms. The summed E-state index contributed by atoms with van der Waals surface area (Å²) in [6, 6.07) is 9.75. The van der Waals surface area contributed by atoms with E-state index >= 15 is 0 Å². The molecule has 0 saturated carbocycles. The number of hydrogen-bond acceptors (Lipinski definition) is 6. The molecule has 7 nitrogen and oxygen atoms in total. The van der Waals surface area contributed by atoms with E-state index < -0.39 is 0 Å². The van der Waals surface area contributed by atoms with Gasteiger partial charge in [0, 0.05) is 12.0 Å². The van der Waals surface area contributed by atoms with Crippen LogP contribution in [0.25, 0.3) is 11.2 Å². The van der Waals surface area contributed by atoms with E-state index in [-0.39, 0.29) is 5.92 Å². The lowest BCUT2D eigenvalue weighted by Crippen LogP contribution is -2.26. The van der Waals surface area contributed by atoms with Gasteiger partial charge in [-0.25, -0.2) is 10.1 Å². The van der Waals surface area contributed by atoms with Gasteiger partial charge < -0.3 is 15.2 Å². The number of aromatic nitrogens is 4. The summed E-state index contributed by atoms with van der Waals surface area (Å²) >= 11 is 0. The predicted molar refractivity (Wildman–Crippen MR) is 80.7 cm³/mol. The summed E-state index contributed by atoms with van der Waals surface area (Å²) in [5, 5.41) is 10.4. The van der Waals surface area contributed by atoms with Crippen molar-refractivity contribution in [2.75, 3.05) is 18.9 Å². The molecule has 7 heteroatoms. The van der Waals surface area contributed by atoms with Gasteiger partial charge in [-0.3, -0.25) is 0 Å². The number of rotatable bonds is 3. The molecule has 4 rings (SSSR count). The minimum absolute atomic E-state index is 0.284. The van der Waals surface area contributed by atoms with Crippen LogP contribution >= 0.6 is 0 Å². The number of nitrogens with one attached hydrogen (secondary N) is 1. The molecule has 1 aromatic carbocycles. The van der Waals surface area contributed by atoms with Crippen molar-refractivity contribution in [3.63, 3.8) is 0 Å². The number of pyridine rings is 1. The monoisotopic (exact) mass is 297 g/mol. The van der Waals surface area contributed by atoms with Gasteiger partial charge in [-0.2, -0.15) is 0 Å². The first-order chi connectivity index (χ1) is 10.8. The van der Waals surface area contributed by atoms with Gasteiger partial charge in [0.05, 0.1) is 13.2 Å². The number of benzene rings is 1. The zero-order valence-electron chi connectivity index (χ0n) is 11.8. The second-order valence-corrected chi connectivity index (χ2v) is 5.35. The largest absolute Gasteiger partial charge is 0.493 e. The van der Waals surface area contributed by atoms with Crippen molar-refractivity contribution in [3.8, 4) is 11.5 Å². The van der Waals surface area contributed by atoms with Gasteiger partial charge in [0.15, 0.2) is 16.9 Å². The summed E-state index contributed by atoms with van der Waals surface area (Å²) in [4.78, 5) is 4.11. The van der Waals surface area contributed by atoms with Crippen molar-refractivity contribution in [1.82, 2.24) is 20.4 Å². The fraction of sp³-hybridized carbons (Fsp3) is 0.267. The molecule has 3 aromatic rings. The Labute approximate surface area is 126 Å². The van der Waals surface area contributed by atoms with Crippen molar-refractivity contribution < 1.29 is 9.47 Å². The van der Waals surface area contributed by atoms with Crippen molar-refractivity contribution in [1.29, 1.82) is 0 Å². The Morgan fingerprint density at radius 3 is 3.23 bits per heavy atom. The zero-order chi connectivity index (χ0) is 14.9. The molecular weight excluding hydrogens is 282 g/mol. The van der Waals surface area contributed by atoms with Crippen LogP contribution in [0.2, 0.25) is 0 Å². The normalized spacial score (nSPS) is 17.0. The molecule has 0 amide bonds. The molecule has 1 aliphatic heterocycles. The first kappa shape index (κ1) is 12.9. The van der Waals surface area contributed by atoms with E-state index in [0.717, 1.165) is 12.2 Å². The molecule has 3 N–H and O–H groups in total. The summed E-state index contributed by atoms with van der Waals surface area (Å²) < 4.78 is 11.7. The topological polar surface area (TPSA) is 98.9 Å². The second kappa shape index (κ2) is 5.18. The maximum atomic E-state index is 5.89. The smallest absolute Gasteiger partial charge is 0.181 e. The van der Waals surface area contributed by atoms with E-state index in [1.165, 1.54) is 5.56 Å². The highest BCUT2D eigenvalue weighted by molar-refractivity contribution is 5.78. The molecule has 0 spiro atoms. The van der Waals surface area contributed by atoms with E-state index in [4.69, 9.17) is 15.2 Å². The Hall–Kier alpha value is -2.83. The van der Waals surface area contributed by atoms with Crippen LogP contribution in [0.5, 0.6) is 11.5 Å². The Bertz CT molecular complexity index is 817. The van der Waals surface area contributed by atoms with Gasteiger partial charge in [-0.1, -0.05) is 23.4 Å². The van der Waals surface area contributed by atoms with E-state index in [1.807, 2.05) is 18.2 Å². The number of para-hydroxylation sites is 1. The third-order valence-electron chi connectivity index (χ3n) is 3.71. The highest BCUT2D eigenvalue weighted by atomic mass is 16.5. The number of nitrogens with two attached hydrogens (primary N) is 1. The van der Waals surface area contributed by atoms with Crippen molar-refractivity contribution in [2.24, 2.45) is 5.92 Å². The predicted octanol–water partition coefficient (Wildman–Crippen LogP) is 1.57. The third-order valence-corrected chi connectivity index (χ3v) is 3.71. The Balaban J connectivity index is 1.50. The van der Waals surface area contributed by atoms with Crippen LogP contribution in [-0.2, 0) is 6.42 Å². The molecule has 1 aliphatic rings. The first-order valence-corrected chi connectivity index (χ1v) is 7.10. The van der Waals surface area contributed by atoms with E-state index in [0.29, 0.717) is 35.9 Å². The molecular formula is C15H15N5O2. The van der Waals surface area contributed by atoms with Crippen LogP contribution in [0.4, 0.5) is 5.82 Å². The molecule has 2 aromatic heterocycles. The maximum absolute atomic E-state index is 5.89.